The van der Waals surface area contributed by atoms with E-state index in [2.05, 4.69) is 10.6 Å². The second kappa shape index (κ2) is 17.4. The van der Waals surface area contributed by atoms with Gasteiger partial charge in [0.1, 0.15) is 0 Å². The number of esters is 2. The zero-order valence-corrected chi connectivity index (χ0v) is 16.1. The first-order valence-electron chi connectivity index (χ1n) is 6.65. The van der Waals surface area contributed by atoms with E-state index in [-0.39, 0.29) is 17.5 Å². The maximum absolute atomic E-state index is 11.5. The molecule has 0 aromatic heterocycles. The molecule has 0 spiro atoms. The molecular weight excluding hydrogens is 414 g/mol. The third-order valence-electron chi connectivity index (χ3n) is 2.31. The minimum atomic E-state index is -0.628. The zero-order chi connectivity index (χ0) is 17.4. The molecule has 127 valence electrons. The summed E-state index contributed by atoms with van der Waals surface area (Å²) in [5.41, 5.74) is 0. The van der Waals surface area contributed by atoms with Gasteiger partial charge >= 0.3 is 28.3 Å². The zero-order valence-electron chi connectivity index (χ0n) is 12.6. The van der Waals surface area contributed by atoms with Crippen molar-refractivity contribution in [3.8, 4) is 0 Å². The van der Waals surface area contributed by atoms with E-state index in [1.54, 1.807) is 13.8 Å². The van der Waals surface area contributed by atoms with Crippen molar-refractivity contribution in [2.24, 2.45) is 0 Å². The van der Waals surface area contributed by atoms with Crippen LogP contribution in [0.15, 0.2) is 0 Å². The fourth-order valence-electron chi connectivity index (χ4n) is 1.35. The number of carbonyl (C=O) groups is 2. The average molecular weight is 435 g/mol. The second-order valence-electron chi connectivity index (χ2n) is 3.77. The van der Waals surface area contributed by atoms with E-state index in [0.29, 0.717) is 26.3 Å². The van der Waals surface area contributed by atoms with E-state index in [4.69, 9.17) is 38.2 Å². The molecule has 0 aliphatic carbocycles. The minimum absolute atomic E-state index is 0.182. The van der Waals surface area contributed by atoms with Gasteiger partial charge in [-0.15, -0.1) is 12.3 Å². The molecule has 0 fully saturated rings. The molecule has 0 rings (SSSR count). The summed E-state index contributed by atoms with van der Waals surface area (Å²) < 4.78 is 17.9. The molecule has 0 aliphatic rings. The molecule has 0 heterocycles. The van der Waals surface area contributed by atoms with Crippen LogP contribution in [0.3, 0.4) is 0 Å². The Balaban J connectivity index is 0. The first-order chi connectivity index (χ1) is 10.6. The molecule has 1 N–H and O–H groups in total. The van der Waals surface area contributed by atoms with Gasteiger partial charge in [0.05, 0.1) is 19.3 Å². The molecule has 2 unspecified atom stereocenters. The van der Waals surface area contributed by atoms with Crippen LogP contribution in [0, 0.1) is 0 Å². The van der Waals surface area contributed by atoms with Crippen molar-refractivity contribution in [1.82, 2.24) is 5.32 Å². The van der Waals surface area contributed by atoms with Crippen molar-refractivity contribution in [2.45, 2.75) is 25.9 Å². The van der Waals surface area contributed by atoms with Gasteiger partial charge in [-0.3, -0.25) is 9.59 Å². The Bertz CT molecular complexity index is 285. The normalized spacial score (nSPS) is 12.6. The van der Waals surface area contributed by atoms with Gasteiger partial charge in [0, 0.05) is 0 Å². The molecule has 0 saturated carbocycles. The van der Waals surface area contributed by atoms with Crippen LogP contribution in [0.1, 0.15) is 13.8 Å². The van der Waals surface area contributed by atoms with Crippen LogP contribution in [0.25, 0.3) is 5.32 Å². The average Bonchev–Trinajstić information content (AvgIpc) is 2.53. The molecule has 0 aromatic rings. The Morgan fingerprint density at radius 3 is 2.09 bits per heavy atom. The third kappa shape index (κ3) is 11.6. The van der Waals surface area contributed by atoms with Gasteiger partial charge in [-0.05, 0) is 20.4 Å². The number of rotatable bonds is 11. The van der Waals surface area contributed by atoms with Crippen molar-refractivity contribution >= 4 is 37.2 Å². The van der Waals surface area contributed by atoms with Gasteiger partial charge in [0.2, 0.25) is 0 Å². The molecule has 0 amide bonds. The predicted molar refractivity (Wildman–Crippen MR) is 82.2 cm³/mol. The van der Waals surface area contributed by atoms with E-state index < -0.39 is 18.1 Å². The molecule has 22 heavy (non-hydrogen) atoms. The topological polar surface area (TPSA) is 95.8 Å². The number of nitrogens with one attached hydrogen (secondary N) is 1. The van der Waals surface area contributed by atoms with Crippen LogP contribution < -0.4 is 5.32 Å². The van der Waals surface area contributed by atoms with Crippen LogP contribution in [-0.4, -0.2) is 61.8 Å². The van der Waals surface area contributed by atoms with Gasteiger partial charge in [-0.1, -0.05) is 6.04 Å². The molecule has 10 heteroatoms. The first-order valence-corrected chi connectivity index (χ1v) is 8.56. The third-order valence-corrected chi connectivity index (χ3v) is 2.96. The summed E-state index contributed by atoms with van der Waals surface area (Å²) in [5, 5.41) is 7.09. The summed E-state index contributed by atoms with van der Waals surface area (Å²) in [6.07, 6.45) is 0. The Hall–Kier alpha value is 0.00935. The number of hydrogen-bond acceptors (Lipinski definition) is 8. The van der Waals surface area contributed by atoms with Crippen LogP contribution in [0.2, 0.25) is 0 Å². The molecule has 0 bridgehead atoms. The molecule has 7 nitrogen and oxygen atoms in total. The number of carbonyl (C=O) groups excluding carboxylic acids is 2. The van der Waals surface area contributed by atoms with E-state index in [9.17, 15) is 9.59 Å². The second-order valence-corrected chi connectivity index (χ2v) is 4.43. The van der Waals surface area contributed by atoms with Gasteiger partial charge in [0.15, 0.2) is 0 Å². The summed E-state index contributed by atoms with van der Waals surface area (Å²) in [6.45, 7) is 4.86. The van der Waals surface area contributed by atoms with E-state index in [0.717, 1.165) is 18.9 Å². The van der Waals surface area contributed by atoms with Crippen molar-refractivity contribution < 1.29 is 41.4 Å². The summed E-state index contributed by atoms with van der Waals surface area (Å²) in [6, 6.07) is -1.15. The predicted octanol–water partition coefficient (Wildman–Crippen LogP) is -0.214. The van der Waals surface area contributed by atoms with Gasteiger partial charge in [-0.25, -0.2) is 0 Å². The number of nitrogens with zero attached hydrogens (tertiary/aromatic N) is 1. The maximum atomic E-state index is 11.5. The fraction of sp³-hybridized carbons (Fsp3) is 0.833. The van der Waals surface area contributed by atoms with Crippen molar-refractivity contribution in [2.75, 3.05) is 37.8 Å². The molecule has 2 atom stereocenters. The Kier molecular flexibility index (Phi) is 19.2. The SMILES string of the molecule is CCOC(=O)C(C[S-])[N-]CCNC(C[S-])C(=O)OCC.[O]=[Tc+4]. The summed E-state index contributed by atoms with van der Waals surface area (Å²) in [5.74, 6) is -0.372. The van der Waals surface area contributed by atoms with Crippen LogP contribution in [-0.2, 0) is 66.7 Å². The Labute approximate surface area is 152 Å². The quantitative estimate of drug-likeness (QED) is 0.271. The van der Waals surface area contributed by atoms with Gasteiger partial charge in [0.25, 0.3) is 5.97 Å². The number of hydrogen-bond donors (Lipinski definition) is 1. The van der Waals surface area contributed by atoms with Crippen LogP contribution in [0.4, 0.5) is 0 Å². The van der Waals surface area contributed by atoms with E-state index >= 15 is 0 Å². The molecule has 0 aliphatic heterocycles. The van der Waals surface area contributed by atoms with Crippen molar-refractivity contribution in [3.05, 3.63) is 5.32 Å². The van der Waals surface area contributed by atoms with Gasteiger partial charge in [-0.2, -0.15) is 5.75 Å². The van der Waals surface area contributed by atoms with Crippen molar-refractivity contribution in [3.63, 3.8) is 0 Å². The summed E-state index contributed by atoms with van der Waals surface area (Å²) in [4.78, 5) is 22.9. The molecular formula is C12H21N2O5S2Tc+. The summed E-state index contributed by atoms with van der Waals surface area (Å²) in [7, 11) is 0. The van der Waals surface area contributed by atoms with E-state index in [1.807, 2.05) is 0 Å². The first kappa shape index (κ1) is 24.3. The summed E-state index contributed by atoms with van der Waals surface area (Å²) >= 11 is 10.6. The Morgan fingerprint density at radius 2 is 1.64 bits per heavy atom. The van der Waals surface area contributed by atoms with E-state index in [1.165, 1.54) is 0 Å². The Morgan fingerprint density at radius 1 is 1.09 bits per heavy atom. The monoisotopic (exact) mass is 434 g/mol. The fourth-order valence-corrected chi connectivity index (χ4v) is 1.84. The standard InChI is InChI=1S/C12H23N2O4S2.O.Tc/c1-3-17-11(15)9(7-19)13-5-6-14-10(8-20)12(16)18-4-2;;/h9-10,13,19-20H,3-8H2,1-2H3;;/q-1;;+4/p-2. The van der Waals surface area contributed by atoms with Crippen LogP contribution in [0.5, 0.6) is 0 Å². The molecule has 0 saturated heterocycles. The van der Waals surface area contributed by atoms with Crippen molar-refractivity contribution in [1.29, 1.82) is 0 Å². The molecule has 0 radical (unpaired) electrons. The molecule has 0 aromatic carbocycles. The van der Waals surface area contributed by atoms with Gasteiger partial charge < -0.3 is 45.4 Å². The van der Waals surface area contributed by atoms with Crippen LogP contribution >= 0.6 is 0 Å². The number of ether oxygens (including phenoxy) is 2.